The second-order valence-corrected chi connectivity index (χ2v) is 7.47. The molecule has 1 atom stereocenters. The Hall–Kier alpha value is -1.88. The van der Waals surface area contributed by atoms with E-state index < -0.39 is 12.3 Å². The molecule has 0 radical (unpaired) electrons. The van der Waals surface area contributed by atoms with E-state index in [1.807, 2.05) is 0 Å². The molecule has 22 heavy (non-hydrogen) atoms. The van der Waals surface area contributed by atoms with Crippen LogP contribution in [0.3, 0.4) is 0 Å². The van der Waals surface area contributed by atoms with Crippen LogP contribution in [-0.4, -0.2) is 18.7 Å². The highest BCUT2D eigenvalue weighted by atomic mass is 35.5. The third-order valence-electron chi connectivity index (χ3n) is 2.98. The zero-order valence-corrected chi connectivity index (χ0v) is 13.5. The average molecular weight is 342 g/mol. The van der Waals surface area contributed by atoms with Gasteiger partial charge in [0.15, 0.2) is 0 Å². The van der Waals surface area contributed by atoms with Crippen molar-refractivity contribution in [1.29, 1.82) is 0 Å². The molecule has 0 fully saturated rings. The first-order valence-corrected chi connectivity index (χ1v) is 8.64. The molecule has 0 N–H and O–H groups in total. The zero-order chi connectivity index (χ0) is 16.3. The van der Waals surface area contributed by atoms with Gasteiger partial charge in [0.05, 0.1) is 4.92 Å². The lowest BCUT2D eigenvalue weighted by Gasteiger charge is -2.13. The van der Waals surface area contributed by atoms with Crippen molar-refractivity contribution in [1.82, 2.24) is 0 Å². The molecule has 0 amide bonds. The predicted molar refractivity (Wildman–Crippen MR) is 84.8 cm³/mol. The Balaban J connectivity index is 2.42. The number of halogens is 1. The van der Waals surface area contributed by atoms with Crippen molar-refractivity contribution in [3.63, 3.8) is 0 Å². The molecule has 0 aliphatic heterocycles. The van der Waals surface area contributed by atoms with Crippen molar-refractivity contribution in [3.8, 4) is 11.5 Å². The quantitative estimate of drug-likeness (QED) is 0.462. The summed E-state index contributed by atoms with van der Waals surface area (Å²) in [4.78, 5) is 10.5. The Kier molecular flexibility index (Phi) is 4.86. The number of benzene rings is 2. The van der Waals surface area contributed by atoms with E-state index in [1.54, 1.807) is 24.3 Å². The minimum atomic E-state index is -3.30. The van der Waals surface area contributed by atoms with E-state index >= 15 is 0 Å². The van der Waals surface area contributed by atoms with Gasteiger partial charge >= 0.3 is 0 Å². The Labute approximate surface area is 132 Å². The van der Waals surface area contributed by atoms with Crippen LogP contribution in [0, 0.1) is 10.1 Å². The van der Waals surface area contributed by atoms with Crippen LogP contribution in [0.4, 0.5) is 5.69 Å². The minimum absolute atomic E-state index is 0.00598. The summed E-state index contributed by atoms with van der Waals surface area (Å²) >= 11 is 5.79. The summed E-state index contributed by atoms with van der Waals surface area (Å²) in [5.41, 5.74) is -0.267. The summed E-state index contributed by atoms with van der Waals surface area (Å²) in [5.74, 6) is 0.828. The predicted octanol–water partition coefficient (Wildman–Crippen LogP) is 4.22. The third kappa shape index (κ3) is 3.65. The third-order valence-corrected chi connectivity index (χ3v) is 5.16. The zero-order valence-electron chi connectivity index (χ0n) is 11.9. The molecule has 0 aliphatic rings. The van der Waals surface area contributed by atoms with Gasteiger partial charge in [-0.25, -0.2) is 0 Å². The van der Waals surface area contributed by atoms with Gasteiger partial charge in [-0.15, -0.1) is 0 Å². The lowest BCUT2D eigenvalue weighted by atomic mass is 10.3. The van der Waals surface area contributed by atoms with Gasteiger partial charge in [0.1, 0.15) is 16.8 Å². The molecule has 0 aliphatic carbocycles. The molecule has 2 rings (SSSR count). The number of ether oxygens (including phenoxy) is 1. The molecule has 8 heteroatoms. The Morgan fingerprint density at radius 1 is 1.14 bits per heavy atom. The van der Waals surface area contributed by atoms with Crippen LogP contribution in [0.5, 0.6) is 11.5 Å². The normalized spacial score (nSPS) is 13.4. The molecular weight excluding hydrogens is 329 g/mol. The molecular formula is C14H13ClNO5P. The molecule has 2 aromatic carbocycles. The second-order valence-electron chi connectivity index (χ2n) is 4.49. The molecule has 0 saturated carbocycles. The fourth-order valence-corrected chi connectivity index (χ4v) is 3.04. The second kappa shape index (κ2) is 6.48. The van der Waals surface area contributed by atoms with Crippen molar-refractivity contribution in [3.05, 3.63) is 57.6 Å². The monoisotopic (exact) mass is 341 g/mol. The molecule has 0 bridgehead atoms. The van der Waals surface area contributed by atoms with E-state index in [9.17, 15) is 14.7 Å². The van der Waals surface area contributed by atoms with Gasteiger partial charge in [-0.05, 0) is 30.3 Å². The minimum Gasteiger partial charge on any atom is -0.457 e. The number of nitro groups is 1. The Bertz CT molecular complexity index is 747. The maximum absolute atomic E-state index is 12.4. The maximum Gasteiger partial charge on any atom is 0.282 e. The number of nitro benzene ring substituents is 1. The molecule has 0 heterocycles. The first kappa shape index (κ1) is 16.5. The van der Waals surface area contributed by atoms with Crippen molar-refractivity contribution in [2.75, 3.05) is 13.8 Å². The molecule has 116 valence electrons. The number of rotatable bonds is 5. The van der Waals surface area contributed by atoms with Crippen molar-refractivity contribution in [2.24, 2.45) is 0 Å². The first-order valence-electron chi connectivity index (χ1n) is 6.19. The van der Waals surface area contributed by atoms with E-state index in [4.69, 9.17) is 20.9 Å². The Morgan fingerprint density at radius 2 is 1.73 bits per heavy atom. The largest absolute Gasteiger partial charge is 0.457 e. The van der Waals surface area contributed by atoms with Crippen LogP contribution in [-0.2, 0) is 9.09 Å². The molecule has 0 aromatic heterocycles. The van der Waals surface area contributed by atoms with E-state index in [-0.39, 0.29) is 11.0 Å². The highest BCUT2D eigenvalue weighted by Crippen LogP contribution is 2.44. The van der Waals surface area contributed by atoms with Crippen molar-refractivity contribution < 1.29 is 18.7 Å². The van der Waals surface area contributed by atoms with Crippen LogP contribution in [0.1, 0.15) is 0 Å². The summed E-state index contributed by atoms with van der Waals surface area (Å²) < 4.78 is 22.9. The highest BCUT2D eigenvalue weighted by Gasteiger charge is 2.28. The van der Waals surface area contributed by atoms with Gasteiger partial charge in [0.25, 0.3) is 5.69 Å². The highest BCUT2D eigenvalue weighted by molar-refractivity contribution is 7.66. The first-order chi connectivity index (χ1) is 10.3. The van der Waals surface area contributed by atoms with Crippen LogP contribution < -0.4 is 10.0 Å². The average Bonchev–Trinajstić information content (AvgIpc) is 2.49. The van der Waals surface area contributed by atoms with Crippen LogP contribution in [0.25, 0.3) is 0 Å². The molecule has 1 unspecified atom stereocenters. The van der Waals surface area contributed by atoms with Crippen LogP contribution in [0.15, 0.2) is 42.5 Å². The fourth-order valence-electron chi connectivity index (χ4n) is 1.78. The van der Waals surface area contributed by atoms with Gasteiger partial charge < -0.3 is 9.26 Å². The standard InChI is InChI=1S/C14H13ClNO5P/c1-20-22(2,19)14-9-12(7-8-13(14)16(17)18)21-11-5-3-10(15)4-6-11/h3-9H,1-2H3. The summed E-state index contributed by atoms with van der Waals surface area (Å²) in [6.07, 6.45) is 0. The van der Waals surface area contributed by atoms with E-state index in [2.05, 4.69) is 0 Å². The molecule has 0 saturated heterocycles. The van der Waals surface area contributed by atoms with E-state index in [0.29, 0.717) is 16.5 Å². The van der Waals surface area contributed by atoms with Gasteiger partial charge in [-0.1, -0.05) is 11.6 Å². The van der Waals surface area contributed by atoms with Crippen LogP contribution in [0.2, 0.25) is 5.02 Å². The van der Waals surface area contributed by atoms with Crippen LogP contribution >= 0.6 is 19.0 Å². The maximum atomic E-state index is 12.4. The van der Waals surface area contributed by atoms with E-state index in [1.165, 1.54) is 32.0 Å². The molecule has 2 aromatic rings. The number of hydrogen-bond donors (Lipinski definition) is 0. The number of nitrogens with zero attached hydrogens (tertiary/aromatic N) is 1. The summed E-state index contributed by atoms with van der Waals surface area (Å²) in [5, 5.41) is 11.6. The topological polar surface area (TPSA) is 78.7 Å². The lowest BCUT2D eigenvalue weighted by molar-refractivity contribution is -0.383. The summed E-state index contributed by atoms with van der Waals surface area (Å²) in [7, 11) is -2.05. The number of hydrogen-bond acceptors (Lipinski definition) is 5. The van der Waals surface area contributed by atoms with Gasteiger partial charge in [-0.2, -0.15) is 0 Å². The molecule has 6 nitrogen and oxygen atoms in total. The lowest BCUT2D eigenvalue weighted by Crippen LogP contribution is -2.11. The fraction of sp³-hybridized carbons (Fsp3) is 0.143. The van der Waals surface area contributed by atoms with Gasteiger partial charge in [0, 0.05) is 30.9 Å². The van der Waals surface area contributed by atoms with Gasteiger partial charge in [-0.3, -0.25) is 14.7 Å². The molecule has 0 spiro atoms. The van der Waals surface area contributed by atoms with E-state index in [0.717, 1.165) is 0 Å². The SMILES string of the molecule is COP(C)(=O)c1cc(Oc2ccc(Cl)cc2)ccc1[N+](=O)[O-]. The smallest absolute Gasteiger partial charge is 0.282 e. The van der Waals surface area contributed by atoms with Crippen molar-refractivity contribution in [2.45, 2.75) is 0 Å². The summed E-state index contributed by atoms with van der Waals surface area (Å²) in [6.45, 7) is 1.32. The summed E-state index contributed by atoms with van der Waals surface area (Å²) in [6, 6.07) is 10.7. The van der Waals surface area contributed by atoms with Crippen molar-refractivity contribution >= 4 is 30.0 Å². The van der Waals surface area contributed by atoms with Gasteiger partial charge in [0.2, 0.25) is 7.37 Å². The Morgan fingerprint density at radius 3 is 2.27 bits per heavy atom.